The second-order valence-corrected chi connectivity index (χ2v) is 8.24. The number of rotatable bonds is 6. The van der Waals surface area contributed by atoms with Gasteiger partial charge in [0, 0.05) is 11.4 Å². The molecule has 0 unspecified atom stereocenters. The smallest absolute Gasteiger partial charge is 0.182 e. The summed E-state index contributed by atoms with van der Waals surface area (Å²) in [6.45, 7) is 2.91. The number of thioether (sulfide) groups is 1. The van der Waals surface area contributed by atoms with Gasteiger partial charge in [-0.2, -0.15) is 0 Å². The number of thiophene rings is 1. The lowest BCUT2D eigenvalue weighted by atomic mass is 10.0. The van der Waals surface area contributed by atoms with Crippen LogP contribution in [-0.4, -0.2) is 6.26 Å². The van der Waals surface area contributed by atoms with E-state index in [4.69, 9.17) is 4.74 Å². The third-order valence-corrected chi connectivity index (χ3v) is 6.32. The zero-order chi connectivity index (χ0) is 18.6. The fourth-order valence-corrected chi connectivity index (χ4v) is 4.49. The molecule has 0 spiro atoms. The first-order valence-electron chi connectivity index (χ1n) is 8.86. The Labute approximate surface area is 168 Å². The van der Waals surface area contributed by atoms with Crippen LogP contribution in [-0.2, 0) is 6.54 Å². The SMILES string of the molecule is CSc1ccc(Oc2ccc(NCc3cccc4ccccc34)s2)cc1C. The lowest BCUT2D eigenvalue weighted by Crippen LogP contribution is -1.98. The van der Waals surface area contributed by atoms with Crippen LogP contribution in [0.3, 0.4) is 0 Å². The quantitative estimate of drug-likeness (QED) is 0.347. The van der Waals surface area contributed by atoms with E-state index in [1.165, 1.54) is 26.8 Å². The summed E-state index contributed by atoms with van der Waals surface area (Å²) >= 11 is 3.39. The highest BCUT2D eigenvalue weighted by Gasteiger charge is 2.06. The van der Waals surface area contributed by atoms with E-state index >= 15 is 0 Å². The summed E-state index contributed by atoms with van der Waals surface area (Å²) in [7, 11) is 0. The molecule has 0 aliphatic carbocycles. The molecular weight excluding hydrogens is 370 g/mol. The monoisotopic (exact) mass is 391 g/mol. The van der Waals surface area contributed by atoms with Gasteiger partial charge in [0.1, 0.15) is 5.75 Å². The molecule has 2 nitrogen and oxygen atoms in total. The molecule has 0 fully saturated rings. The van der Waals surface area contributed by atoms with Gasteiger partial charge in [0.25, 0.3) is 0 Å². The van der Waals surface area contributed by atoms with Crippen molar-refractivity contribution in [2.75, 3.05) is 11.6 Å². The van der Waals surface area contributed by atoms with Crippen molar-refractivity contribution in [2.24, 2.45) is 0 Å². The molecule has 1 heterocycles. The summed E-state index contributed by atoms with van der Waals surface area (Å²) in [5.74, 6) is 0.882. The Morgan fingerprint density at radius 2 is 1.81 bits per heavy atom. The van der Waals surface area contributed by atoms with Gasteiger partial charge in [-0.1, -0.05) is 53.8 Å². The highest BCUT2D eigenvalue weighted by molar-refractivity contribution is 7.98. The van der Waals surface area contributed by atoms with Crippen LogP contribution in [0, 0.1) is 6.92 Å². The minimum Gasteiger partial charge on any atom is -0.447 e. The van der Waals surface area contributed by atoms with Crippen LogP contribution in [0.25, 0.3) is 10.8 Å². The lowest BCUT2D eigenvalue weighted by Gasteiger charge is -2.08. The average molecular weight is 392 g/mol. The molecule has 136 valence electrons. The van der Waals surface area contributed by atoms with Crippen molar-refractivity contribution in [1.29, 1.82) is 0 Å². The molecule has 4 aromatic rings. The number of nitrogens with one attached hydrogen (secondary N) is 1. The number of benzene rings is 3. The summed E-state index contributed by atoms with van der Waals surface area (Å²) in [6.07, 6.45) is 2.09. The zero-order valence-corrected chi connectivity index (χ0v) is 17.0. The van der Waals surface area contributed by atoms with Crippen molar-refractivity contribution in [3.05, 3.63) is 83.9 Å². The Balaban J connectivity index is 1.44. The zero-order valence-electron chi connectivity index (χ0n) is 15.4. The van der Waals surface area contributed by atoms with Crippen molar-refractivity contribution in [1.82, 2.24) is 0 Å². The number of aryl methyl sites for hydroxylation is 1. The summed E-state index contributed by atoms with van der Waals surface area (Å²) in [6, 6.07) is 25.3. The Hall–Kier alpha value is -2.43. The molecule has 1 N–H and O–H groups in total. The maximum Gasteiger partial charge on any atom is 0.182 e. The first kappa shape index (κ1) is 18.0. The molecule has 3 aromatic carbocycles. The van der Waals surface area contributed by atoms with Gasteiger partial charge in [-0.05, 0) is 65.4 Å². The van der Waals surface area contributed by atoms with Gasteiger partial charge >= 0.3 is 0 Å². The molecule has 0 atom stereocenters. The molecule has 1 aromatic heterocycles. The topological polar surface area (TPSA) is 21.3 Å². The summed E-state index contributed by atoms with van der Waals surface area (Å²) < 4.78 is 6.03. The first-order valence-corrected chi connectivity index (χ1v) is 10.9. The average Bonchev–Trinajstić information content (AvgIpc) is 3.14. The van der Waals surface area contributed by atoms with Crippen molar-refractivity contribution in [3.63, 3.8) is 0 Å². The number of hydrogen-bond acceptors (Lipinski definition) is 4. The van der Waals surface area contributed by atoms with Crippen LogP contribution in [0.5, 0.6) is 10.8 Å². The highest BCUT2D eigenvalue weighted by Crippen LogP contribution is 2.34. The molecule has 0 saturated carbocycles. The lowest BCUT2D eigenvalue weighted by molar-refractivity contribution is 0.495. The van der Waals surface area contributed by atoms with Crippen LogP contribution >= 0.6 is 23.1 Å². The van der Waals surface area contributed by atoms with Crippen molar-refractivity contribution in [3.8, 4) is 10.8 Å². The summed E-state index contributed by atoms with van der Waals surface area (Å²) in [4.78, 5) is 1.28. The van der Waals surface area contributed by atoms with Crippen molar-refractivity contribution in [2.45, 2.75) is 18.4 Å². The van der Waals surface area contributed by atoms with Gasteiger partial charge < -0.3 is 10.1 Å². The predicted octanol–water partition coefficient (Wildman–Crippen LogP) is 7.34. The maximum absolute atomic E-state index is 6.03. The third kappa shape index (κ3) is 4.12. The maximum atomic E-state index is 6.03. The Kier molecular flexibility index (Phi) is 5.37. The summed E-state index contributed by atoms with van der Waals surface area (Å²) in [5, 5.41) is 8.10. The molecule has 0 radical (unpaired) electrons. The van der Waals surface area contributed by atoms with Gasteiger partial charge in [0.15, 0.2) is 5.06 Å². The van der Waals surface area contributed by atoms with E-state index in [1.54, 1.807) is 23.1 Å². The van der Waals surface area contributed by atoms with Crippen LogP contribution < -0.4 is 10.1 Å². The number of hydrogen-bond donors (Lipinski definition) is 1. The molecule has 0 amide bonds. The molecule has 4 rings (SSSR count). The van der Waals surface area contributed by atoms with E-state index in [-0.39, 0.29) is 0 Å². The molecule has 0 saturated heterocycles. The van der Waals surface area contributed by atoms with Crippen LogP contribution in [0.2, 0.25) is 0 Å². The van der Waals surface area contributed by atoms with Crippen molar-refractivity contribution < 1.29 is 4.74 Å². The molecular formula is C23H21NOS2. The van der Waals surface area contributed by atoms with Gasteiger partial charge in [-0.15, -0.1) is 11.8 Å². The van der Waals surface area contributed by atoms with E-state index in [1.807, 2.05) is 12.1 Å². The third-order valence-electron chi connectivity index (χ3n) is 4.50. The second kappa shape index (κ2) is 8.07. The minimum atomic E-state index is 0.794. The highest BCUT2D eigenvalue weighted by atomic mass is 32.2. The number of anilines is 1. The van der Waals surface area contributed by atoms with E-state index < -0.39 is 0 Å². The molecule has 0 aliphatic rings. The largest absolute Gasteiger partial charge is 0.447 e. The van der Waals surface area contributed by atoms with Gasteiger partial charge in [0.05, 0.1) is 5.00 Å². The molecule has 0 bridgehead atoms. The van der Waals surface area contributed by atoms with E-state index in [0.29, 0.717) is 0 Å². The molecule has 4 heteroatoms. The van der Waals surface area contributed by atoms with Crippen molar-refractivity contribution >= 4 is 38.9 Å². The van der Waals surface area contributed by atoms with E-state index in [2.05, 4.69) is 79.2 Å². The molecule has 0 aliphatic heterocycles. The van der Waals surface area contributed by atoms with Gasteiger partial charge in [-0.3, -0.25) is 0 Å². The number of fused-ring (bicyclic) bond motifs is 1. The normalized spacial score (nSPS) is 10.9. The first-order chi connectivity index (χ1) is 13.2. The standard InChI is InChI=1S/C23H21NOS2/c1-16-14-19(10-11-21(16)26-2)25-23-13-12-22(27-23)24-15-18-8-5-7-17-6-3-4-9-20(17)18/h3-14,24H,15H2,1-2H3. The fourth-order valence-electron chi connectivity index (χ4n) is 3.13. The Morgan fingerprint density at radius 1 is 0.963 bits per heavy atom. The predicted molar refractivity (Wildman–Crippen MR) is 119 cm³/mol. The minimum absolute atomic E-state index is 0.794. The second-order valence-electron chi connectivity index (χ2n) is 6.34. The molecule has 27 heavy (non-hydrogen) atoms. The van der Waals surface area contributed by atoms with Crippen LogP contribution in [0.15, 0.2) is 77.7 Å². The van der Waals surface area contributed by atoms with Crippen LogP contribution in [0.1, 0.15) is 11.1 Å². The Bertz CT molecular complexity index is 1070. The Morgan fingerprint density at radius 3 is 2.67 bits per heavy atom. The fraction of sp³-hybridized carbons (Fsp3) is 0.130. The number of ether oxygens (including phenoxy) is 1. The summed E-state index contributed by atoms with van der Waals surface area (Å²) in [5.41, 5.74) is 2.54. The van der Waals surface area contributed by atoms with Crippen LogP contribution in [0.4, 0.5) is 5.00 Å². The van der Waals surface area contributed by atoms with E-state index in [0.717, 1.165) is 22.4 Å². The van der Waals surface area contributed by atoms with Gasteiger partial charge in [-0.25, -0.2) is 0 Å². The van der Waals surface area contributed by atoms with E-state index in [9.17, 15) is 0 Å². The van der Waals surface area contributed by atoms with Gasteiger partial charge in [0.2, 0.25) is 0 Å².